The van der Waals surface area contributed by atoms with Gasteiger partial charge < -0.3 is 14.7 Å². The van der Waals surface area contributed by atoms with Gasteiger partial charge in [-0.15, -0.1) is 0 Å². The van der Waals surface area contributed by atoms with Crippen LogP contribution < -0.4 is 0 Å². The number of Topliss-reactive ketones (excluding diaryl/α,β-unsaturated/α-hetero) is 2. The molecule has 1 fully saturated rings. The van der Waals surface area contributed by atoms with Crippen LogP contribution in [0.15, 0.2) is 51.2 Å². The van der Waals surface area contributed by atoms with Gasteiger partial charge >= 0.3 is 5.97 Å². The van der Waals surface area contributed by atoms with Crippen molar-refractivity contribution in [1.82, 2.24) is 5.16 Å². The lowest BCUT2D eigenvalue weighted by molar-refractivity contribution is -0.135. The van der Waals surface area contributed by atoms with E-state index in [1.54, 1.807) is 0 Å². The summed E-state index contributed by atoms with van der Waals surface area (Å²) >= 11 is 0. The molecule has 166 valence electrons. The molecule has 0 radical (unpaired) electrons. The molecule has 8 nitrogen and oxygen atoms in total. The third-order valence-corrected chi connectivity index (χ3v) is 5.92. The second kappa shape index (κ2) is 9.30. The molecule has 0 spiro atoms. The van der Waals surface area contributed by atoms with Gasteiger partial charge in [0, 0.05) is 32.1 Å². The first-order chi connectivity index (χ1) is 15.4. The summed E-state index contributed by atoms with van der Waals surface area (Å²) in [5.74, 6) is -1.12. The van der Waals surface area contributed by atoms with Crippen LogP contribution in [0.5, 0.6) is 0 Å². The van der Waals surface area contributed by atoms with Gasteiger partial charge in [-0.25, -0.2) is 0 Å². The van der Waals surface area contributed by atoms with Crippen LogP contribution in [-0.4, -0.2) is 45.2 Å². The molecule has 0 bridgehead atoms. The smallest absolute Gasteiger partial charge is 0.325 e. The van der Waals surface area contributed by atoms with Crippen molar-refractivity contribution in [1.29, 1.82) is 0 Å². The number of aliphatic hydroxyl groups is 1. The van der Waals surface area contributed by atoms with Crippen LogP contribution in [0.2, 0.25) is 0 Å². The number of carbonyl (C=O) groups excluding carboxylic acids is 2. The predicted octanol–water partition coefficient (Wildman–Crippen LogP) is 3.61. The third kappa shape index (κ3) is 4.54. The second-order valence-corrected chi connectivity index (χ2v) is 8.12. The van der Waals surface area contributed by atoms with Gasteiger partial charge in [-0.3, -0.25) is 19.4 Å². The normalized spacial score (nSPS) is 21.5. The van der Waals surface area contributed by atoms with Crippen LogP contribution in [0, 0.1) is 0 Å². The highest BCUT2D eigenvalue weighted by Gasteiger charge is 2.33. The quantitative estimate of drug-likeness (QED) is 0.522. The van der Waals surface area contributed by atoms with E-state index in [4.69, 9.17) is 9.63 Å². The van der Waals surface area contributed by atoms with Gasteiger partial charge in [0.25, 0.3) is 0 Å². The molecular formula is C24H24N2O6. The molecule has 2 N–H and O–H groups in total. The van der Waals surface area contributed by atoms with Crippen molar-refractivity contribution in [3.05, 3.63) is 64.2 Å². The Morgan fingerprint density at radius 1 is 1.09 bits per heavy atom. The highest BCUT2D eigenvalue weighted by Crippen LogP contribution is 2.34. The molecule has 1 saturated carbocycles. The van der Waals surface area contributed by atoms with Crippen molar-refractivity contribution in [2.45, 2.75) is 50.9 Å². The number of allylic oxidation sites excluding steroid dienone is 2. The van der Waals surface area contributed by atoms with Gasteiger partial charge in [0.2, 0.25) is 0 Å². The molecule has 1 atom stereocenters. The number of hydrogen-bond donors (Lipinski definition) is 2. The molecule has 0 amide bonds. The van der Waals surface area contributed by atoms with Crippen LogP contribution in [0.25, 0.3) is 0 Å². The molecule has 8 heteroatoms. The Labute approximate surface area is 184 Å². The van der Waals surface area contributed by atoms with Crippen molar-refractivity contribution in [2.75, 3.05) is 6.54 Å². The Bertz CT molecular complexity index is 1110. The average Bonchev–Trinajstić information content (AvgIpc) is 3.20. The number of ketones is 2. The maximum atomic E-state index is 13.0. The van der Waals surface area contributed by atoms with Crippen molar-refractivity contribution < 1.29 is 29.1 Å². The number of carboxylic acid groups (broad SMARTS) is 1. The number of benzene rings is 1. The zero-order valence-electron chi connectivity index (χ0n) is 17.5. The van der Waals surface area contributed by atoms with Crippen molar-refractivity contribution in [3.8, 4) is 0 Å². The van der Waals surface area contributed by atoms with E-state index in [0.29, 0.717) is 42.0 Å². The van der Waals surface area contributed by atoms with E-state index in [9.17, 15) is 19.5 Å². The zero-order valence-corrected chi connectivity index (χ0v) is 17.5. The largest absolute Gasteiger partial charge is 0.511 e. The van der Waals surface area contributed by atoms with E-state index >= 15 is 0 Å². The topological polar surface area (TPSA) is 130 Å². The lowest BCUT2D eigenvalue weighted by Crippen LogP contribution is -2.27. The first-order valence-electron chi connectivity index (χ1n) is 10.7. The maximum Gasteiger partial charge on any atom is 0.325 e. The van der Waals surface area contributed by atoms with Gasteiger partial charge in [0.05, 0.1) is 22.5 Å². The maximum absolute atomic E-state index is 13.0. The number of fused-ring (bicyclic) bond motifs is 1. The van der Waals surface area contributed by atoms with Crippen molar-refractivity contribution in [2.24, 2.45) is 4.99 Å². The molecule has 32 heavy (non-hydrogen) atoms. The fourth-order valence-electron chi connectivity index (χ4n) is 4.41. The summed E-state index contributed by atoms with van der Waals surface area (Å²) in [6.45, 7) is -0.480. The first-order valence-corrected chi connectivity index (χ1v) is 10.7. The van der Waals surface area contributed by atoms with E-state index in [1.807, 2.05) is 30.3 Å². The summed E-state index contributed by atoms with van der Waals surface area (Å²) in [6, 6.07) is 9.50. The minimum atomic E-state index is -1.11. The molecule has 1 aromatic heterocycles. The average molecular weight is 436 g/mol. The van der Waals surface area contributed by atoms with Crippen LogP contribution in [-0.2, 0) is 22.4 Å². The number of aromatic nitrogens is 1. The summed E-state index contributed by atoms with van der Waals surface area (Å²) < 4.78 is 5.28. The van der Waals surface area contributed by atoms with Gasteiger partial charge in [-0.05, 0) is 24.3 Å². The predicted molar refractivity (Wildman–Crippen MR) is 115 cm³/mol. The molecule has 4 rings (SSSR count). The molecular weight excluding hydrogens is 412 g/mol. The lowest BCUT2D eigenvalue weighted by Gasteiger charge is -2.26. The summed E-state index contributed by atoms with van der Waals surface area (Å²) in [6.07, 6.45) is 2.72. The monoisotopic (exact) mass is 436 g/mol. The summed E-state index contributed by atoms with van der Waals surface area (Å²) in [7, 11) is 0. The standard InChI is InChI=1S/C24H24N2O6/c27-18-7-4-8-21-24(18)16(26-32-21)9-10-19(28)23-17(25-13-22(30)31)11-15(12-20(23)29)14-5-2-1-3-6-14/h1-3,5-6,15,28H,4,7-13H2,(H,30,31)/b23-19-,25-17?. The Morgan fingerprint density at radius 3 is 2.62 bits per heavy atom. The number of aliphatic imine (C=N–C) groups is 1. The summed E-state index contributed by atoms with van der Waals surface area (Å²) in [4.78, 5) is 40.4. The minimum Gasteiger partial charge on any atom is -0.511 e. The fraction of sp³-hybridized carbons (Fsp3) is 0.375. The van der Waals surface area contributed by atoms with E-state index in [0.717, 1.165) is 12.0 Å². The minimum absolute atomic E-state index is 0.0159. The number of rotatable bonds is 6. The molecule has 0 saturated heterocycles. The second-order valence-electron chi connectivity index (χ2n) is 8.12. The molecule has 2 aliphatic carbocycles. The number of hydrogen-bond acceptors (Lipinski definition) is 7. The van der Waals surface area contributed by atoms with E-state index in [2.05, 4.69) is 10.1 Å². The Morgan fingerprint density at radius 2 is 1.88 bits per heavy atom. The number of carboxylic acids is 1. The van der Waals surface area contributed by atoms with Crippen LogP contribution in [0.1, 0.15) is 65.4 Å². The van der Waals surface area contributed by atoms with Crippen LogP contribution in [0.3, 0.4) is 0 Å². The molecule has 2 aliphatic rings. The van der Waals surface area contributed by atoms with Crippen molar-refractivity contribution in [3.63, 3.8) is 0 Å². The highest BCUT2D eigenvalue weighted by atomic mass is 16.5. The Hall–Kier alpha value is -3.55. The zero-order chi connectivity index (χ0) is 22.7. The van der Waals surface area contributed by atoms with Gasteiger partial charge in [-0.2, -0.15) is 0 Å². The highest BCUT2D eigenvalue weighted by molar-refractivity contribution is 6.25. The molecule has 1 aromatic carbocycles. The van der Waals surface area contributed by atoms with Crippen LogP contribution >= 0.6 is 0 Å². The summed E-state index contributed by atoms with van der Waals surface area (Å²) in [5.41, 5.74) is 2.32. The van der Waals surface area contributed by atoms with Gasteiger partial charge in [0.1, 0.15) is 18.1 Å². The molecule has 0 aliphatic heterocycles. The number of aliphatic hydroxyl groups excluding tert-OH is 1. The van der Waals surface area contributed by atoms with Gasteiger partial charge in [-0.1, -0.05) is 35.5 Å². The van der Waals surface area contributed by atoms with Gasteiger partial charge in [0.15, 0.2) is 11.6 Å². The number of aliphatic carboxylic acids is 1. The van der Waals surface area contributed by atoms with Crippen molar-refractivity contribution >= 4 is 23.2 Å². The molecule has 1 heterocycles. The van der Waals surface area contributed by atoms with E-state index in [-0.39, 0.29) is 48.1 Å². The third-order valence-electron chi connectivity index (χ3n) is 5.92. The SMILES string of the molecule is O=C(O)CN=C1CC(c2ccccc2)CC(=O)/C1=C(\O)CCc1noc2c1C(=O)CCC2. The fourth-order valence-corrected chi connectivity index (χ4v) is 4.41. The first kappa shape index (κ1) is 21.7. The number of aryl methyl sites for hydroxylation is 2. The number of carbonyl (C=O) groups is 3. The molecule has 1 unspecified atom stereocenters. The lowest BCUT2D eigenvalue weighted by atomic mass is 9.78. The Kier molecular flexibility index (Phi) is 6.30. The van der Waals surface area contributed by atoms with Crippen LogP contribution in [0.4, 0.5) is 0 Å². The van der Waals surface area contributed by atoms with E-state index in [1.165, 1.54) is 0 Å². The van der Waals surface area contributed by atoms with E-state index < -0.39 is 12.5 Å². The molecule has 2 aromatic rings. The Balaban J connectivity index is 1.59. The summed E-state index contributed by atoms with van der Waals surface area (Å²) in [5, 5.41) is 23.8. The number of nitrogens with zero attached hydrogens (tertiary/aromatic N) is 2.